The topological polar surface area (TPSA) is 69.6 Å². The summed E-state index contributed by atoms with van der Waals surface area (Å²) in [4.78, 5) is 0. The Bertz CT molecular complexity index is 615. The van der Waals surface area contributed by atoms with E-state index in [2.05, 4.69) is 45.3 Å². The first kappa shape index (κ1) is 12.6. The molecule has 0 bridgehead atoms. The van der Waals surface area contributed by atoms with Crippen LogP contribution in [0.3, 0.4) is 0 Å². The zero-order valence-electron chi connectivity index (χ0n) is 11.0. The van der Waals surface area contributed by atoms with Crippen LogP contribution in [0.5, 0.6) is 0 Å². The molecule has 5 nitrogen and oxygen atoms in total. The van der Waals surface area contributed by atoms with Gasteiger partial charge in [0.15, 0.2) is 5.82 Å². The molecule has 6 heteroatoms. The highest BCUT2D eigenvalue weighted by Gasteiger charge is 2.41. The molecule has 1 fully saturated rings. The number of hydrogen-bond acceptors (Lipinski definition) is 4. The lowest BCUT2D eigenvalue weighted by atomic mass is 9.98. The molecule has 1 aromatic carbocycles. The monoisotopic (exact) mass is 321 g/mol. The molecule has 0 spiro atoms. The fourth-order valence-corrected chi connectivity index (χ4v) is 2.65. The van der Waals surface area contributed by atoms with Crippen LogP contribution in [0.4, 0.5) is 5.69 Å². The van der Waals surface area contributed by atoms with Gasteiger partial charge in [-0.15, -0.1) is 5.10 Å². The maximum atomic E-state index is 5.93. The summed E-state index contributed by atoms with van der Waals surface area (Å²) in [7, 11) is 0. The molecule has 1 aliphatic rings. The van der Waals surface area contributed by atoms with Crippen LogP contribution in [-0.2, 0) is 5.54 Å². The van der Waals surface area contributed by atoms with Crippen molar-refractivity contribution in [2.45, 2.75) is 32.2 Å². The molecule has 0 radical (unpaired) electrons. The van der Waals surface area contributed by atoms with Crippen LogP contribution in [0.1, 0.15) is 26.7 Å². The molecule has 1 aliphatic carbocycles. The van der Waals surface area contributed by atoms with E-state index in [-0.39, 0.29) is 5.54 Å². The average molecular weight is 322 g/mol. The molecule has 0 atom stereocenters. The summed E-state index contributed by atoms with van der Waals surface area (Å²) in [5.41, 5.74) is 7.51. The van der Waals surface area contributed by atoms with Crippen molar-refractivity contribution in [1.82, 2.24) is 20.2 Å². The van der Waals surface area contributed by atoms with Crippen molar-refractivity contribution in [2.75, 3.05) is 5.73 Å². The molecule has 0 saturated heterocycles. The predicted molar refractivity (Wildman–Crippen MR) is 77.4 cm³/mol. The van der Waals surface area contributed by atoms with Crippen molar-refractivity contribution >= 4 is 21.6 Å². The Balaban J connectivity index is 2.06. The smallest absolute Gasteiger partial charge is 0.182 e. The van der Waals surface area contributed by atoms with E-state index in [0.717, 1.165) is 15.9 Å². The second-order valence-corrected chi connectivity index (χ2v) is 6.43. The molecule has 0 unspecified atom stereocenters. The molecule has 2 N–H and O–H groups in total. The van der Waals surface area contributed by atoms with E-state index in [1.165, 1.54) is 12.8 Å². The van der Waals surface area contributed by atoms with Crippen molar-refractivity contribution in [3.63, 3.8) is 0 Å². The first-order chi connectivity index (χ1) is 9.00. The van der Waals surface area contributed by atoms with Gasteiger partial charge in [-0.25, -0.2) is 4.68 Å². The fraction of sp³-hybridized carbons (Fsp3) is 0.462. The molecular formula is C13H16BrN5. The van der Waals surface area contributed by atoms with Gasteiger partial charge in [0, 0.05) is 15.7 Å². The zero-order valence-corrected chi connectivity index (χ0v) is 12.6. The SMILES string of the molecule is CC(C)(C1CC1)n1nnnc1-c1ccc(Br)c(N)c1. The normalized spacial score (nSPS) is 15.7. The van der Waals surface area contributed by atoms with Crippen molar-refractivity contribution in [3.05, 3.63) is 22.7 Å². The van der Waals surface area contributed by atoms with Crippen LogP contribution in [-0.4, -0.2) is 20.2 Å². The third kappa shape index (κ3) is 2.14. The van der Waals surface area contributed by atoms with Gasteiger partial charge in [-0.3, -0.25) is 0 Å². The van der Waals surface area contributed by atoms with Crippen LogP contribution in [0, 0.1) is 5.92 Å². The minimum absolute atomic E-state index is 0.0549. The highest BCUT2D eigenvalue weighted by Crippen LogP contribution is 2.44. The van der Waals surface area contributed by atoms with Crippen LogP contribution in [0.2, 0.25) is 0 Å². The molecule has 1 heterocycles. The number of halogens is 1. The van der Waals surface area contributed by atoms with Crippen molar-refractivity contribution in [3.8, 4) is 11.4 Å². The van der Waals surface area contributed by atoms with Gasteiger partial charge in [0.1, 0.15) is 0 Å². The number of hydrogen-bond donors (Lipinski definition) is 1. The van der Waals surface area contributed by atoms with E-state index in [1.54, 1.807) is 0 Å². The van der Waals surface area contributed by atoms with Gasteiger partial charge in [0.05, 0.1) is 5.54 Å². The van der Waals surface area contributed by atoms with Gasteiger partial charge in [0.2, 0.25) is 0 Å². The Kier molecular flexibility index (Phi) is 2.85. The summed E-state index contributed by atoms with van der Waals surface area (Å²) in [5, 5.41) is 12.2. The molecule has 0 amide bonds. The maximum Gasteiger partial charge on any atom is 0.182 e. The number of nitrogens with two attached hydrogens (primary N) is 1. The Morgan fingerprint density at radius 1 is 1.37 bits per heavy atom. The van der Waals surface area contributed by atoms with E-state index in [4.69, 9.17) is 5.73 Å². The summed E-state index contributed by atoms with van der Waals surface area (Å²) >= 11 is 3.40. The quantitative estimate of drug-likeness (QED) is 0.882. The van der Waals surface area contributed by atoms with E-state index in [9.17, 15) is 0 Å². The van der Waals surface area contributed by atoms with Crippen molar-refractivity contribution in [2.24, 2.45) is 5.92 Å². The Hall–Kier alpha value is -1.43. The average Bonchev–Trinajstić information content (AvgIpc) is 3.11. The van der Waals surface area contributed by atoms with E-state index < -0.39 is 0 Å². The Morgan fingerprint density at radius 3 is 2.74 bits per heavy atom. The minimum atomic E-state index is -0.0549. The Labute approximate surface area is 120 Å². The summed E-state index contributed by atoms with van der Waals surface area (Å²) in [5.74, 6) is 1.43. The predicted octanol–water partition coefficient (Wildman–Crippen LogP) is 2.83. The number of nitrogens with zero attached hydrogens (tertiary/aromatic N) is 4. The molecule has 100 valence electrons. The minimum Gasteiger partial charge on any atom is -0.398 e. The lowest BCUT2D eigenvalue weighted by molar-refractivity contribution is 0.271. The van der Waals surface area contributed by atoms with Gasteiger partial charge in [-0.1, -0.05) is 0 Å². The summed E-state index contributed by atoms with van der Waals surface area (Å²) in [6.45, 7) is 4.37. The van der Waals surface area contributed by atoms with Gasteiger partial charge < -0.3 is 5.73 Å². The van der Waals surface area contributed by atoms with Gasteiger partial charge in [0.25, 0.3) is 0 Å². The second kappa shape index (κ2) is 4.30. The first-order valence-corrected chi connectivity index (χ1v) is 7.13. The molecule has 1 saturated carbocycles. The summed E-state index contributed by atoms with van der Waals surface area (Å²) in [6, 6.07) is 5.80. The lowest BCUT2D eigenvalue weighted by Gasteiger charge is -2.25. The van der Waals surface area contributed by atoms with Crippen molar-refractivity contribution < 1.29 is 0 Å². The molecular weight excluding hydrogens is 306 g/mol. The standard InChI is InChI=1S/C13H16BrN5/c1-13(2,9-4-5-9)19-12(16-17-18-19)8-3-6-10(14)11(15)7-8/h3,6-7,9H,4-5,15H2,1-2H3. The van der Waals surface area contributed by atoms with Crippen molar-refractivity contribution in [1.29, 1.82) is 0 Å². The number of rotatable bonds is 3. The number of aromatic nitrogens is 4. The third-order valence-electron chi connectivity index (χ3n) is 3.85. The van der Waals surface area contributed by atoms with Crippen LogP contribution < -0.4 is 5.73 Å². The molecule has 3 rings (SSSR count). The van der Waals surface area contributed by atoms with Gasteiger partial charge in [-0.2, -0.15) is 0 Å². The van der Waals surface area contributed by atoms with Crippen LogP contribution in [0.25, 0.3) is 11.4 Å². The zero-order chi connectivity index (χ0) is 13.6. The molecule has 19 heavy (non-hydrogen) atoms. The van der Waals surface area contributed by atoms with E-state index in [0.29, 0.717) is 11.6 Å². The largest absolute Gasteiger partial charge is 0.398 e. The second-order valence-electron chi connectivity index (χ2n) is 5.58. The van der Waals surface area contributed by atoms with Crippen LogP contribution in [0.15, 0.2) is 22.7 Å². The highest BCUT2D eigenvalue weighted by molar-refractivity contribution is 9.10. The van der Waals surface area contributed by atoms with Crippen LogP contribution >= 0.6 is 15.9 Å². The number of anilines is 1. The van der Waals surface area contributed by atoms with E-state index in [1.807, 2.05) is 22.9 Å². The van der Waals surface area contributed by atoms with Gasteiger partial charge >= 0.3 is 0 Å². The third-order valence-corrected chi connectivity index (χ3v) is 4.57. The number of nitrogen functional groups attached to an aromatic ring is 1. The maximum absolute atomic E-state index is 5.93. The number of benzene rings is 1. The summed E-state index contributed by atoms with van der Waals surface area (Å²) < 4.78 is 2.81. The summed E-state index contributed by atoms with van der Waals surface area (Å²) in [6.07, 6.45) is 2.49. The Morgan fingerprint density at radius 2 is 2.11 bits per heavy atom. The van der Waals surface area contributed by atoms with Gasteiger partial charge in [-0.05, 0) is 77.2 Å². The highest BCUT2D eigenvalue weighted by atomic mass is 79.9. The molecule has 0 aliphatic heterocycles. The molecule has 1 aromatic heterocycles. The number of tetrazole rings is 1. The first-order valence-electron chi connectivity index (χ1n) is 6.34. The van der Waals surface area contributed by atoms with E-state index >= 15 is 0 Å². The molecule has 2 aromatic rings. The lowest BCUT2D eigenvalue weighted by Crippen LogP contribution is -2.30. The fourth-order valence-electron chi connectivity index (χ4n) is 2.40.